The second-order valence-corrected chi connectivity index (χ2v) is 16.7. The lowest BCUT2D eigenvalue weighted by Crippen LogP contribution is -2.35. The minimum absolute atomic E-state index is 0.188. The Morgan fingerprint density at radius 1 is 0.718 bits per heavy atom. The Balaban J connectivity index is 6.27. The summed E-state index contributed by atoms with van der Waals surface area (Å²) in [5, 5.41) is 8.14. The van der Waals surface area contributed by atoms with Crippen molar-refractivity contribution in [1.82, 2.24) is 0 Å². The van der Waals surface area contributed by atoms with Gasteiger partial charge in [0, 0.05) is 12.5 Å². The van der Waals surface area contributed by atoms with E-state index in [9.17, 15) is 33.5 Å². The molecule has 0 saturated carbocycles. The maximum absolute atomic E-state index is 14.0. The lowest BCUT2D eigenvalue weighted by molar-refractivity contribution is -0.162. The van der Waals surface area contributed by atoms with Gasteiger partial charge in [0.2, 0.25) is 20.4 Å². The average molecular weight is 606 g/mol. The Bertz CT molecular complexity index is 911. The van der Waals surface area contributed by atoms with Crippen molar-refractivity contribution in [2.45, 2.75) is 93.2 Å². The molecule has 16 heteroatoms. The van der Waals surface area contributed by atoms with E-state index in [2.05, 4.69) is 0 Å². The summed E-state index contributed by atoms with van der Waals surface area (Å²) in [6, 6.07) is -0.666. The lowest BCUT2D eigenvalue weighted by atomic mass is 9.98. The fourth-order valence-corrected chi connectivity index (χ4v) is 6.15. The molecule has 230 valence electrons. The normalized spacial score (nSPS) is 16.9. The van der Waals surface area contributed by atoms with E-state index in [1.165, 1.54) is 69.2 Å². The van der Waals surface area contributed by atoms with Crippen molar-refractivity contribution in [3.05, 3.63) is 0 Å². The van der Waals surface area contributed by atoms with Crippen molar-refractivity contribution < 1.29 is 61.3 Å². The first-order chi connectivity index (χ1) is 17.3. The lowest BCUT2D eigenvalue weighted by Gasteiger charge is -2.36. The zero-order chi connectivity index (χ0) is 31.1. The van der Waals surface area contributed by atoms with Gasteiger partial charge >= 0.3 is 33.1 Å². The number of carbonyl (C=O) groups is 3. The Labute approximate surface area is 230 Å². The van der Waals surface area contributed by atoms with Crippen LogP contribution in [0.15, 0.2) is 0 Å². The van der Waals surface area contributed by atoms with E-state index < -0.39 is 87.3 Å². The highest BCUT2D eigenvalue weighted by Crippen LogP contribution is 2.76. The van der Waals surface area contributed by atoms with Crippen LogP contribution in [0.5, 0.6) is 0 Å². The van der Waals surface area contributed by atoms with Crippen LogP contribution in [0.1, 0.15) is 82.1 Å². The Morgan fingerprint density at radius 3 is 1.31 bits per heavy atom. The van der Waals surface area contributed by atoms with E-state index in [-0.39, 0.29) is 6.42 Å². The molecule has 0 fully saturated rings. The van der Waals surface area contributed by atoms with Crippen LogP contribution in [0.25, 0.3) is 0 Å². The van der Waals surface area contributed by atoms with Gasteiger partial charge in [0.15, 0.2) is 0 Å². The number of hydrogen-bond acceptors (Lipinski definition) is 13. The summed E-state index contributed by atoms with van der Waals surface area (Å²) in [6.07, 6.45) is -0.962. The van der Waals surface area contributed by atoms with Crippen LogP contribution in [0.4, 0.5) is 0 Å². The van der Waals surface area contributed by atoms with Gasteiger partial charge < -0.3 is 29.9 Å². The summed E-state index contributed by atoms with van der Waals surface area (Å²) in [5.41, 5.74) is 2.78. The summed E-state index contributed by atoms with van der Waals surface area (Å²) < 4.78 is 57.1. The third kappa shape index (κ3) is 11.6. The maximum Gasteiger partial charge on any atom is 0.380 e. The van der Waals surface area contributed by atoms with E-state index >= 15 is 0 Å². The zero-order valence-corrected chi connectivity index (χ0v) is 26.3. The molecule has 0 aromatic heterocycles. The molecule has 3 atom stereocenters. The largest absolute Gasteiger partial charge is 0.438 e. The predicted molar refractivity (Wildman–Crippen MR) is 140 cm³/mol. The number of nitrogens with two attached hydrogens (primary N) is 1. The molecular weight excluding hydrogens is 560 g/mol. The van der Waals surface area contributed by atoms with Gasteiger partial charge in [0.25, 0.3) is 5.08 Å². The summed E-state index contributed by atoms with van der Waals surface area (Å²) in [7, 11) is -10.7. The molecule has 0 aliphatic carbocycles. The molecule has 0 spiro atoms. The molecule has 0 radical (unpaired) electrons. The molecule has 0 aliphatic rings. The Hall–Kier alpha value is -1.37. The third-order valence-electron chi connectivity index (χ3n) is 4.91. The van der Waals surface area contributed by atoms with Crippen molar-refractivity contribution in [1.29, 1.82) is 0 Å². The molecule has 0 amide bonds. The molecule has 0 bridgehead atoms. The molecule has 0 aliphatic heterocycles. The fraction of sp³-hybridized carbons (Fsp3) is 0.870. The van der Waals surface area contributed by atoms with Gasteiger partial charge in [-0.2, -0.15) is 0 Å². The van der Waals surface area contributed by atoms with Gasteiger partial charge in [-0.15, -0.1) is 0 Å². The molecule has 0 rings (SSSR count). The third-order valence-corrected chi connectivity index (χ3v) is 9.98. The van der Waals surface area contributed by atoms with E-state index in [1.54, 1.807) is 0 Å². The quantitative estimate of drug-likeness (QED) is 0.111. The van der Waals surface area contributed by atoms with E-state index in [0.29, 0.717) is 0 Å². The monoisotopic (exact) mass is 605 g/mol. The number of hydrogen-bond donors (Lipinski definition) is 3. The molecule has 3 unspecified atom stereocenters. The molecule has 0 heterocycles. The Morgan fingerprint density at radius 2 is 1.03 bits per heavy atom. The number of ether oxygens (including phenoxy) is 3. The fourth-order valence-electron chi connectivity index (χ4n) is 2.30. The van der Waals surface area contributed by atoms with Gasteiger partial charge in [-0.25, -0.2) is 0 Å². The van der Waals surface area contributed by atoms with Crippen molar-refractivity contribution in [2.75, 3.05) is 20.4 Å². The highest BCUT2D eigenvalue weighted by atomic mass is 31.2. The second kappa shape index (κ2) is 14.0. The van der Waals surface area contributed by atoms with Gasteiger partial charge in [-0.3, -0.25) is 37.1 Å². The summed E-state index contributed by atoms with van der Waals surface area (Å²) in [4.78, 5) is 47.1. The minimum Gasteiger partial charge on any atom is -0.438 e. The second-order valence-electron chi connectivity index (χ2n) is 12.1. The Kier molecular flexibility index (Phi) is 13.5. The van der Waals surface area contributed by atoms with Crippen molar-refractivity contribution >= 4 is 33.1 Å². The highest BCUT2D eigenvalue weighted by molar-refractivity contribution is 7.73. The zero-order valence-electron chi connectivity index (χ0n) is 24.5. The SMILES string of the molecule is CC(N)CCC(O)(P(=O)(O)OCOC(=O)C(C)(C)C)P(=O)(OCOC(=O)C(C)(C)C)OCOC(=O)C(C)(C)C. The maximum atomic E-state index is 14.0. The first-order valence-corrected chi connectivity index (χ1v) is 15.3. The van der Waals surface area contributed by atoms with Crippen LogP contribution >= 0.6 is 15.2 Å². The van der Waals surface area contributed by atoms with Crippen molar-refractivity contribution in [2.24, 2.45) is 22.0 Å². The van der Waals surface area contributed by atoms with Gasteiger partial charge in [0.1, 0.15) is 0 Å². The van der Waals surface area contributed by atoms with E-state index in [1.807, 2.05) is 0 Å². The van der Waals surface area contributed by atoms with E-state index in [0.717, 1.165) is 0 Å². The number of rotatable bonds is 14. The standard InChI is InChI=1S/C23H45NO13P2/c1-16(24)11-12-23(28,38(29,30)35-13-32-17(25)20(2,3)4)39(31,36-14-33-18(26)21(5,6)7)37-15-34-19(27)22(8,9)10/h16,28H,11-15,24H2,1-10H3,(H,29,30). The van der Waals surface area contributed by atoms with Crippen LogP contribution in [0.2, 0.25) is 0 Å². The molecular formula is C23H45NO13P2. The smallest absolute Gasteiger partial charge is 0.380 e. The molecule has 39 heavy (non-hydrogen) atoms. The molecule has 0 aromatic carbocycles. The summed E-state index contributed by atoms with van der Waals surface area (Å²) in [5.74, 6) is -2.37. The predicted octanol–water partition coefficient (Wildman–Crippen LogP) is 3.83. The van der Waals surface area contributed by atoms with Gasteiger partial charge in [-0.1, -0.05) is 0 Å². The molecule has 14 nitrogen and oxygen atoms in total. The number of esters is 3. The first kappa shape index (κ1) is 37.6. The number of carbonyl (C=O) groups excluding carboxylic acids is 3. The summed E-state index contributed by atoms with van der Waals surface area (Å²) >= 11 is 0. The highest BCUT2D eigenvalue weighted by Gasteiger charge is 2.64. The van der Waals surface area contributed by atoms with Crippen LogP contribution in [0, 0.1) is 16.2 Å². The van der Waals surface area contributed by atoms with Crippen molar-refractivity contribution in [3.8, 4) is 0 Å². The number of aliphatic hydroxyl groups is 1. The topological polar surface area (TPSA) is 207 Å². The van der Waals surface area contributed by atoms with E-state index in [4.69, 9.17) is 33.5 Å². The van der Waals surface area contributed by atoms with Crippen LogP contribution < -0.4 is 5.73 Å². The van der Waals surface area contributed by atoms with Crippen molar-refractivity contribution in [3.63, 3.8) is 0 Å². The molecule has 0 saturated heterocycles. The first-order valence-electron chi connectivity index (χ1n) is 12.2. The van der Waals surface area contributed by atoms with Crippen LogP contribution in [0.3, 0.4) is 0 Å². The minimum atomic E-state index is -5.46. The summed E-state index contributed by atoms with van der Waals surface area (Å²) in [6.45, 7) is 12.1. The van der Waals surface area contributed by atoms with Crippen LogP contribution in [-0.4, -0.2) is 59.4 Å². The molecule has 0 aromatic rings. The van der Waals surface area contributed by atoms with Gasteiger partial charge in [-0.05, 0) is 75.7 Å². The average Bonchev–Trinajstić information content (AvgIpc) is 2.74. The van der Waals surface area contributed by atoms with Gasteiger partial charge in [0.05, 0.1) is 16.2 Å². The van der Waals surface area contributed by atoms with Crippen LogP contribution in [-0.2, 0) is 51.3 Å². The molecule has 4 N–H and O–H groups in total.